The number of nitrogens with one attached hydrogen (secondary N) is 1. The Balaban J connectivity index is 1.39. The molecule has 0 bridgehead atoms. The fourth-order valence-electron chi connectivity index (χ4n) is 2.82. The lowest BCUT2D eigenvalue weighted by Gasteiger charge is -2.18. The van der Waals surface area contributed by atoms with Crippen molar-refractivity contribution in [2.24, 2.45) is 5.10 Å². The van der Waals surface area contributed by atoms with Gasteiger partial charge in [0.05, 0.1) is 23.0 Å². The number of benzene rings is 2. The average molecular weight is 479 g/mol. The molecule has 0 spiro atoms. The summed E-state index contributed by atoms with van der Waals surface area (Å²) < 4.78 is 16.4. The molecule has 10 heteroatoms. The summed E-state index contributed by atoms with van der Waals surface area (Å²) >= 11 is 18.5. The maximum atomic E-state index is 12.1. The summed E-state index contributed by atoms with van der Waals surface area (Å²) in [5, 5.41) is 9.09. The maximum absolute atomic E-state index is 12.1. The molecule has 31 heavy (non-hydrogen) atoms. The summed E-state index contributed by atoms with van der Waals surface area (Å²) in [5.74, 6) is 1.05. The Bertz CT molecular complexity index is 1180. The fourth-order valence-corrected chi connectivity index (χ4v) is 3.41. The van der Waals surface area contributed by atoms with Gasteiger partial charge in [-0.05, 0) is 36.4 Å². The smallest absolute Gasteiger partial charge is 0.277 e. The number of fused-ring (bicyclic) bond motifs is 1. The normalized spacial score (nSPS) is 13.1. The van der Waals surface area contributed by atoms with Gasteiger partial charge in [-0.15, -0.1) is 0 Å². The van der Waals surface area contributed by atoms with Gasteiger partial charge in [0.15, 0.2) is 12.4 Å². The second-order valence-electron chi connectivity index (χ2n) is 6.37. The first-order valence-corrected chi connectivity index (χ1v) is 10.1. The number of carbonyl (C=O) groups is 1. The molecule has 1 aliphatic heterocycles. The van der Waals surface area contributed by atoms with E-state index in [4.69, 9.17) is 48.8 Å². The van der Waals surface area contributed by atoms with Gasteiger partial charge < -0.3 is 14.0 Å². The fraction of sp³-hybridized carbons (Fsp3) is 0.0952. The van der Waals surface area contributed by atoms with Crippen molar-refractivity contribution < 1.29 is 18.8 Å². The molecule has 0 unspecified atom stereocenters. The van der Waals surface area contributed by atoms with Crippen molar-refractivity contribution in [2.45, 2.75) is 0 Å². The van der Waals surface area contributed by atoms with E-state index in [9.17, 15) is 4.79 Å². The molecule has 0 atom stereocenters. The number of hydrazone groups is 1. The van der Waals surface area contributed by atoms with Crippen LogP contribution in [-0.2, 0) is 4.79 Å². The van der Waals surface area contributed by atoms with Crippen LogP contribution in [0.5, 0.6) is 11.5 Å². The lowest BCUT2D eigenvalue weighted by molar-refractivity contribution is -0.123. The summed E-state index contributed by atoms with van der Waals surface area (Å²) in [6.07, 6.45) is 2.93. The number of aromatic nitrogens is 1. The lowest BCUT2D eigenvalue weighted by Crippen LogP contribution is -2.25. The Morgan fingerprint density at radius 3 is 2.68 bits per heavy atom. The quantitative estimate of drug-likeness (QED) is 0.390. The van der Waals surface area contributed by atoms with Gasteiger partial charge in [0.25, 0.3) is 5.91 Å². The standard InChI is InChI=1S/C21H14Cl3N3O4/c22-13-1-3-17(15(7-13)19-5-6-26-31-19)30-11-20(28)27-25-9-12-10-29-18-4-2-14(23)8-16(18)21(12)24/h1-9H,10-11H2,(H,27,28). The van der Waals surface area contributed by atoms with Crippen LogP contribution in [0.15, 0.2) is 63.9 Å². The van der Waals surface area contributed by atoms with E-state index in [1.54, 1.807) is 42.5 Å². The number of carbonyl (C=O) groups excluding carboxylic acids is 1. The number of halogens is 3. The zero-order valence-electron chi connectivity index (χ0n) is 15.8. The van der Waals surface area contributed by atoms with Crippen molar-refractivity contribution in [2.75, 3.05) is 13.2 Å². The van der Waals surface area contributed by atoms with Gasteiger partial charge in [-0.2, -0.15) is 5.10 Å². The van der Waals surface area contributed by atoms with Crippen LogP contribution < -0.4 is 14.9 Å². The van der Waals surface area contributed by atoms with Crippen molar-refractivity contribution in [3.8, 4) is 22.8 Å². The topological polar surface area (TPSA) is 86.0 Å². The molecular formula is C21H14Cl3N3O4. The molecule has 7 nitrogen and oxygen atoms in total. The van der Waals surface area contributed by atoms with Crippen molar-refractivity contribution in [1.82, 2.24) is 10.6 Å². The average Bonchev–Trinajstić information content (AvgIpc) is 3.29. The van der Waals surface area contributed by atoms with Gasteiger partial charge in [0.2, 0.25) is 0 Å². The Morgan fingerprint density at radius 1 is 1.13 bits per heavy atom. The number of amides is 1. The van der Waals surface area contributed by atoms with E-state index in [2.05, 4.69) is 15.7 Å². The summed E-state index contributed by atoms with van der Waals surface area (Å²) in [5.41, 5.74) is 4.24. The van der Waals surface area contributed by atoms with E-state index >= 15 is 0 Å². The molecule has 158 valence electrons. The molecule has 0 saturated carbocycles. The summed E-state index contributed by atoms with van der Waals surface area (Å²) in [7, 11) is 0. The third-order valence-corrected chi connectivity index (χ3v) is 5.17. The van der Waals surface area contributed by atoms with Crippen molar-refractivity contribution in [3.05, 3.63) is 69.8 Å². The molecule has 0 saturated heterocycles. The van der Waals surface area contributed by atoms with Gasteiger partial charge in [0.1, 0.15) is 18.1 Å². The predicted octanol–water partition coefficient (Wildman–Crippen LogP) is 5.17. The SMILES string of the molecule is O=C(COc1ccc(Cl)cc1-c1ccno1)NN=CC1=C(Cl)c2cc(Cl)ccc2OC1. The highest BCUT2D eigenvalue weighted by atomic mass is 35.5. The van der Waals surface area contributed by atoms with Crippen LogP contribution in [-0.4, -0.2) is 30.5 Å². The number of ether oxygens (including phenoxy) is 2. The minimum absolute atomic E-state index is 0.217. The van der Waals surface area contributed by atoms with E-state index < -0.39 is 5.91 Å². The van der Waals surface area contributed by atoms with Crippen LogP contribution in [0.2, 0.25) is 10.0 Å². The molecule has 0 radical (unpaired) electrons. The Labute approximate surface area is 192 Å². The van der Waals surface area contributed by atoms with Crippen molar-refractivity contribution in [1.29, 1.82) is 0 Å². The predicted molar refractivity (Wildman–Crippen MR) is 119 cm³/mol. The number of hydrogen-bond donors (Lipinski definition) is 1. The molecule has 3 aromatic rings. The van der Waals surface area contributed by atoms with Gasteiger partial charge in [-0.25, -0.2) is 5.43 Å². The summed E-state index contributed by atoms with van der Waals surface area (Å²) in [6, 6.07) is 11.8. The van der Waals surface area contributed by atoms with Gasteiger partial charge in [0, 0.05) is 27.2 Å². The van der Waals surface area contributed by atoms with Gasteiger partial charge in [-0.1, -0.05) is 40.0 Å². The van der Waals surface area contributed by atoms with E-state index in [0.717, 1.165) is 0 Å². The lowest BCUT2D eigenvalue weighted by atomic mass is 10.1. The first-order valence-electron chi connectivity index (χ1n) is 8.98. The van der Waals surface area contributed by atoms with Crippen LogP contribution in [0.25, 0.3) is 16.4 Å². The molecule has 0 fully saturated rings. The molecule has 4 rings (SSSR count). The second-order valence-corrected chi connectivity index (χ2v) is 7.62. The van der Waals surface area contributed by atoms with E-state index in [1.165, 1.54) is 12.4 Å². The number of nitrogens with zero attached hydrogens (tertiary/aromatic N) is 2. The third-order valence-electron chi connectivity index (χ3n) is 4.26. The number of rotatable bonds is 6. The highest BCUT2D eigenvalue weighted by molar-refractivity contribution is 6.51. The minimum Gasteiger partial charge on any atom is -0.488 e. The highest BCUT2D eigenvalue weighted by Crippen LogP contribution is 2.36. The van der Waals surface area contributed by atoms with Crippen LogP contribution in [0.3, 0.4) is 0 Å². The van der Waals surface area contributed by atoms with Crippen molar-refractivity contribution in [3.63, 3.8) is 0 Å². The van der Waals surface area contributed by atoms with Crippen LogP contribution >= 0.6 is 34.8 Å². The molecular weight excluding hydrogens is 465 g/mol. The Kier molecular flexibility index (Phi) is 6.46. The first-order chi connectivity index (χ1) is 15.0. The second kappa shape index (κ2) is 9.43. The minimum atomic E-state index is -0.466. The molecule has 2 aromatic carbocycles. The van der Waals surface area contributed by atoms with Crippen LogP contribution in [0.4, 0.5) is 0 Å². The molecule has 1 N–H and O–H groups in total. The van der Waals surface area contributed by atoms with Crippen molar-refractivity contribution >= 4 is 52.0 Å². The third kappa shape index (κ3) is 5.02. The summed E-state index contributed by atoms with van der Waals surface area (Å²) in [4.78, 5) is 12.1. The molecule has 1 aliphatic rings. The zero-order chi connectivity index (χ0) is 21.8. The number of hydrogen-bond acceptors (Lipinski definition) is 6. The van der Waals surface area contributed by atoms with Crippen LogP contribution in [0.1, 0.15) is 5.56 Å². The molecule has 0 aliphatic carbocycles. The summed E-state index contributed by atoms with van der Waals surface area (Å²) in [6.45, 7) is -0.0590. The van der Waals surface area contributed by atoms with E-state index in [1.807, 2.05) is 0 Å². The monoisotopic (exact) mass is 477 g/mol. The van der Waals surface area contributed by atoms with Gasteiger partial charge >= 0.3 is 0 Å². The van der Waals surface area contributed by atoms with Crippen LogP contribution in [0, 0.1) is 0 Å². The first kappa shape index (κ1) is 21.2. The molecule has 1 aromatic heterocycles. The zero-order valence-corrected chi connectivity index (χ0v) is 18.0. The molecule has 2 heterocycles. The Morgan fingerprint density at radius 2 is 1.90 bits per heavy atom. The van der Waals surface area contributed by atoms with E-state index in [-0.39, 0.29) is 13.2 Å². The maximum Gasteiger partial charge on any atom is 0.277 e. The largest absolute Gasteiger partial charge is 0.488 e. The van der Waals surface area contributed by atoms with Gasteiger partial charge in [-0.3, -0.25) is 4.79 Å². The Hall–Kier alpha value is -3.00. The highest BCUT2D eigenvalue weighted by Gasteiger charge is 2.18. The van der Waals surface area contributed by atoms with E-state index in [0.29, 0.717) is 49.0 Å². The molecule has 1 amide bonds.